The number of hydrogen-bond acceptors (Lipinski definition) is 4. The van der Waals surface area contributed by atoms with Crippen molar-refractivity contribution < 1.29 is 31.5 Å². The third kappa shape index (κ3) is 3.86. The molecule has 0 radical (unpaired) electrons. The van der Waals surface area contributed by atoms with Crippen LogP contribution in [-0.2, 0) is 16.2 Å². The maximum absolute atomic E-state index is 12.4. The van der Waals surface area contributed by atoms with Gasteiger partial charge in [0.05, 0.1) is 22.9 Å². The summed E-state index contributed by atoms with van der Waals surface area (Å²) < 4.78 is 61.7. The van der Waals surface area contributed by atoms with Gasteiger partial charge in [-0.15, -0.1) is 0 Å². The Labute approximate surface area is 111 Å². The molecule has 0 aliphatic heterocycles. The summed E-state index contributed by atoms with van der Waals surface area (Å²) in [5, 5.41) is 17.1. The number of nitrogens with zero attached hydrogens (tertiary/aromatic N) is 1. The number of benzene rings is 1. The van der Waals surface area contributed by atoms with E-state index in [-0.39, 0.29) is 0 Å². The highest BCUT2D eigenvalue weighted by atomic mass is 32.2. The van der Waals surface area contributed by atoms with Crippen LogP contribution in [0.4, 0.5) is 18.9 Å². The highest BCUT2D eigenvalue weighted by Crippen LogP contribution is 2.32. The summed E-state index contributed by atoms with van der Waals surface area (Å²) in [6.07, 6.45) is -4.76. The molecule has 0 atom stereocenters. The molecule has 1 aromatic carbocycles. The lowest BCUT2D eigenvalue weighted by Crippen LogP contribution is -2.18. The first-order chi connectivity index (χ1) is 9.07. The van der Waals surface area contributed by atoms with Crippen molar-refractivity contribution in [3.63, 3.8) is 0 Å². The lowest BCUT2D eigenvalue weighted by atomic mass is 10.1. The number of carbonyl (C=O) groups is 1. The number of nitriles is 1. The summed E-state index contributed by atoms with van der Waals surface area (Å²) in [7, 11) is -4.14. The van der Waals surface area contributed by atoms with Crippen molar-refractivity contribution in [2.45, 2.75) is 6.18 Å². The number of halogens is 3. The van der Waals surface area contributed by atoms with E-state index in [0.29, 0.717) is 18.2 Å². The van der Waals surface area contributed by atoms with Gasteiger partial charge in [-0.05, 0) is 18.2 Å². The molecule has 0 aromatic heterocycles. The second-order valence-electron chi connectivity index (χ2n) is 3.58. The zero-order valence-electron chi connectivity index (χ0n) is 9.60. The van der Waals surface area contributed by atoms with E-state index in [2.05, 4.69) is 0 Å². The SMILES string of the molecule is N#CCS(=O)(=O)Nc1ccc(C(F)(F)F)cc1C(=O)O. The molecule has 108 valence electrons. The molecule has 0 spiro atoms. The van der Waals surface area contributed by atoms with E-state index in [0.717, 1.165) is 0 Å². The highest BCUT2D eigenvalue weighted by Gasteiger charge is 2.32. The molecule has 0 heterocycles. The first kappa shape index (κ1) is 15.8. The Bertz CT molecular complexity index is 677. The Morgan fingerprint density at radius 1 is 1.40 bits per heavy atom. The number of alkyl halides is 3. The van der Waals surface area contributed by atoms with Crippen molar-refractivity contribution in [2.75, 3.05) is 10.5 Å². The summed E-state index contributed by atoms with van der Waals surface area (Å²) in [5.74, 6) is -2.68. The lowest BCUT2D eigenvalue weighted by molar-refractivity contribution is -0.137. The van der Waals surface area contributed by atoms with Gasteiger partial charge in [0.25, 0.3) is 0 Å². The fourth-order valence-electron chi connectivity index (χ4n) is 1.28. The smallest absolute Gasteiger partial charge is 0.416 e. The fourth-order valence-corrected chi connectivity index (χ4v) is 2.03. The third-order valence-electron chi connectivity index (χ3n) is 2.10. The zero-order valence-corrected chi connectivity index (χ0v) is 10.4. The molecule has 0 aliphatic carbocycles. The summed E-state index contributed by atoms with van der Waals surface area (Å²) in [5.41, 5.74) is -2.62. The largest absolute Gasteiger partial charge is 0.478 e. The number of nitrogens with one attached hydrogen (secondary N) is 1. The highest BCUT2D eigenvalue weighted by molar-refractivity contribution is 7.92. The van der Waals surface area contributed by atoms with E-state index < -0.39 is 44.7 Å². The van der Waals surface area contributed by atoms with Gasteiger partial charge in [-0.1, -0.05) is 0 Å². The number of sulfonamides is 1. The van der Waals surface area contributed by atoms with Crippen LogP contribution in [-0.4, -0.2) is 25.2 Å². The molecule has 1 aromatic rings. The van der Waals surface area contributed by atoms with E-state index in [4.69, 9.17) is 10.4 Å². The minimum absolute atomic E-state index is 0.312. The van der Waals surface area contributed by atoms with Crippen molar-refractivity contribution in [3.05, 3.63) is 29.3 Å². The quantitative estimate of drug-likeness (QED) is 0.879. The topological polar surface area (TPSA) is 107 Å². The van der Waals surface area contributed by atoms with Crippen LogP contribution in [0.3, 0.4) is 0 Å². The van der Waals surface area contributed by atoms with E-state index >= 15 is 0 Å². The van der Waals surface area contributed by atoms with Crippen LogP contribution in [0.25, 0.3) is 0 Å². The molecule has 1 rings (SSSR count). The van der Waals surface area contributed by atoms with Crippen LogP contribution >= 0.6 is 0 Å². The predicted octanol–water partition coefficient (Wildman–Crippen LogP) is 1.67. The zero-order chi connectivity index (χ0) is 15.6. The van der Waals surface area contributed by atoms with Gasteiger partial charge in [0.2, 0.25) is 10.0 Å². The maximum atomic E-state index is 12.4. The number of rotatable bonds is 4. The molecule has 10 heteroatoms. The summed E-state index contributed by atoms with van der Waals surface area (Å²) in [4.78, 5) is 10.9. The molecule has 2 N–H and O–H groups in total. The second-order valence-corrected chi connectivity index (χ2v) is 5.30. The minimum Gasteiger partial charge on any atom is -0.478 e. The lowest BCUT2D eigenvalue weighted by Gasteiger charge is -2.12. The Morgan fingerprint density at radius 3 is 2.45 bits per heavy atom. The van der Waals surface area contributed by atoms with E-state index in [1.54, 1.807) is 4.72 Å². The average Bonchev–Trinajstić information content (AvgIpc) is 2.26. The number of aromatic carboxylic acids is 1. The van der Waals surface area contributed by atoms with Gasteiger partial charge in [0.1, 0.15) is 0 Å². The first-order valence-electron chi connectivity index (χ1n) is 4.89. The standard InChI is InChI=1S/C10H7F3N2O4S/c11-10(12,13)6-1-2-8(7(5-6)9(16)17)15-20(18,19)4-3-14/h1-2,5,15H,4H2,(H,16,17). The minimum atomic E-state index is -4.76. The summed E-state index contributed by atoms with van der Waals surface area (Å²) in [6, 6.07) is 2.87. The van der Waals surface area contributed by atoms with Crippen LogP contribution in [0.15, 0.2) is 18.2 Å². The van der Waals surface area contributed by atoms with Crippen molar-refractivity contribution in [2.24, 2.45) is 0 Å². The Balaban J connectivity index is 3.29. The van der Waals surface area contributed by atoms with Crippen molar-refractivity contribution in [1.29, 1.82) is 5.26 Å². The molecule has 6 nitrogen and oxygen atoms in total. The van der Waals surface area contributed by atoms with Crippen LogP contribution in [0, 0.1) is 11.3 Å². The Kier molecular flexibility index (Phi) is 4.24. The molecule has 20 heavy (non-hydrogen) atoms. The van der Waals surface area contributed by atoms with Gasteiger partial charge in [-0.2, -0.15) is 18.4 Å². The molecule has 0 aliphatic rings. The van der Waals surface area contributed by atoms with Gasteiger partial charge in [-0.25, -0.2) is 13.2 Å². The summed E-state index contributed by atoms with van der Waals surface area (Å²) in [6.45, 7) is 0. The Hall–Kier alpha value is -2.28. The van der Waals surface area contributed by atoms with E-state index in [1.165, 1.54) is 6.07 Å². The van der Waals surface area contributed by atoms with Gasteiger partial charge in [-0.3, -0.25) is 4.72 Å². The maximum Gasteiger partial charge on any atom is 0.416 e. The number of carboxylic acid groups (broad SMARTS) is 1. The summed E-state index contributed by atoms with van der Waals surface area (Å²) >= 11 is 0. The molecule has 0 fully saturated rings. The van der Waals surface area contributed by atoms with Crippen molar-refractivity contribution >= 4 is 21.7 Å². The molecular formula is C10H7F3N2O4S. The number of hydrogen-bond donors (Lipinski definition) is 2. The van der Waals surface area contributed by atoms with Crippen LogP contribution in [0.1, 0.15) is 15.9 Å². The Morgan fingerprint density at radius 2 is 2.00 bits per heavy atom. The molecule has 0 bridgehead atoms. The average molecular weight is 308 g/mol. The fraction of sp³-hybridized carbons (Fsp3) is 0.200. The van der Waals surface area contributed by atoms with Gasteiger partial charge >= 0.3 is 12.1 Å². The van der Waals surface area contributed by atoms with Crippen molar-refractivity contribution in [1.82, 2.24) is 0 Å². The first-order valence-corrected chi connectivity index (χ1v) is 6.54. The van der Waals surface area contributed by atoms with Crippen LogP contribution in [0.5, 0.6) is 0 Å². The number of carboxylic acids is 1. The monoisotopic (exact) mass is 308 g/mol. The van der Waals surface area contributed by atoms with Crippen LogP contribution < -0.4 is 4.72 Å². The number of anilines is 1. The molecular weight excluding hydrogens is 301 g/mol. The third-order valence-corrected chi connectivity index (χ3v) is 3.14. The van der Waals surface area contributed by atoms with Gasteiger partial charge in [0.15, 0.2) is 5.75 Å². The molecule has 0 unspecified atom stereocenters. The van der Waals surface area contributed by atoms with E-state index in [9.17, 15) is 26.4 Å². The normalized spacial score (nSPS) is 11.7. The van der Waals surface area contributed by atoms with Gasteiger partial charge < -0.3 is 5.11 Å². The van der Waals surface area contributed by atoms with E-state index in [1.807, 2.05) is 0 Å². The molecule has 0 saturated heterocycles. The molecule has 0 amide bonds. The second kappa shape index (κ2) is 5.38. The predicted molar refractivity (Wildman–Crippen MR) is 61.4 cm³/mol. The van der Waals surface area contributed by atoms with Gasteiger partial charge in [0, 0.05) is 0 Å². The van der Waals surface area contributed by atoms with Crippen LogP contribution in [0.2, 0.25) is 0 Å². The molecule has 0 saturated carbocycles. The van der Waals surface area contributed by atoms with Crippen molar-refractivity contribution in [3.8, 4) is 6.07 Å².